The van der Waals surface area contributed by atoms with Crippen molar-refractivity contribution in [3.63, 3.8) is 0 Å². The third-order valence-corrected chi connectivity index (χ3v) is 7.93. The highest BCUT2D eigenvalue weighted by Crippen LogP contribution is 2.30. The Kier molecular flexibility index (Phi) is 6.92. The van der Waals surface area contributed by atoms with Crippen LogP contribution in [0.3, 0.4) is 0 Å². The molecule has 0 saturated carbocycles. The number of rotatable bonds is 6. The summed E-state index contributed by atoms with van der Waals surface area (Å²) in [5, 5.41) is 0.753. The molecule has 4 aromatic rings. The molecular formula is C33H33ClN4. The van der Waals surface area contributed by atoms with E-state index in [0.717, 1.165) is 73.2 Å². The number of aryl methyl sites for hydroxylation is 1. The van der Waals surface area contributed by atoms with E-state index in [0.29, 0.717) is 0 Å². The molecule has 0 radical (unpaired) electrons. The maximum Gasteiger partial charge on any atom is 0.137 e. The normalized spacial score (nSPS) is 16.2. The lowest BCUT2D eigenvalue weighted by Gasteiger charge is -2.37. The molecule has 1 aliphatic carbocycles. The van der Waals surface area contributed by atoms with Crippen LogP contribution in [-0.4, -0.2) is 45.4 Å². The molecule has 5 heteroatoms. The molecule has 3 heterocycles. The first-order valence-electron chi connectivity index (χ1n) is 13.4. The van der Waals surface area contributed by atoms with Crippen LogP contribution in [0.1, 0.15) is 35.2 Å². The number of nitrogens with zero attached hydrogens (tertiary/aromatic N) is 4. The molecule has 0 amide bonds. The van der Waals surface area contributed by atoms with Crippen molar-refractivity contribution in [3.8, 4) is 11.3 Å². The Labute approximate surface area is 230 Å². The molecule has 38 heavy (non-hydrogen) atoms. The van der Waals surface area contributed by atoms with Gasteiger partial charge in [-0.25, -0.2) is 4.98 Å². The summed E-state index contributed by atoms with van der Waals surface area (Å²) in [5.41, 5.74) is 10.5. The van der Waals surface area contributed by atoms with Crippen LogP contribution < -0.4 is 0 Å². The van der Waals surface area contributed by atoms with Crippen molar-refractivity contribution >= 4 is 28.5 Å². The third kappa shape index (κ3) is 5.07. The van der Waals surface area contributed by atoms with Gasteiger partial charge < -0.3 is 9.30 Å². The Hall–Kier alpha value is -3.60. The smallest absolute Gasteiger partial charge is 0.137 e. The van der Waals surface area contributed by atoms with Gasteiger partial charge in [0.1, 0.15) is 5.65 Å². The zero-order chi connectivity index (χ0) is 26.1. The van der Waals surface area contributed by atoms with Gasteiger partial charge in [0.05, 0.1) is 11.4 Å². The minimum absolute atomic E-state index is 0.753. The molecule has 6 rings (SSSR count). The molecule has 2 aromatic heterocycles. The van der Waals surface area contributed by atoms with Crippen molar-refractivity contribution in [1.29, 1.82) is 0 Å². The van der Waals surface area contributed by atoms with Crippen LogP contribution in [0, 0.1) is 6.92 Å². The van der Waals surface area contributed by atoms with Crippen molar-refractivity contribution in [3.05, 3.63) is 119 Å². The second-order valence-electron chi connectivity index (χ2n) is 10.3. The average Bonchev–Trinajstić information content (AvgIpc) is 3.32. The van der Waals surface area contributed by atoms with Gasteiger partial charge in [-0.15, -0.1) is 0 Å². The fourth-order valence-corrected chi connectivity index (χ4v) is 5.52. The number of aromatic nitrogens is 2. The zero-order valence-corrected chi connectivity index (χ0v) is 22.7. The van der Waals surface area contributed by atoms with E-state index in [4.69, 9.17) is 16.6 Å². The summed E-state index contributed by atoms with van der Waals surface area (Å²) in [6, 6.07) is 21.1. The fourth-order valence-electron chi connectivity index (χ4n) is 5.40. The molecule has 192 valence electrons. The summed E-state index contributed by atoms with van der Waals surface area (Å²) in [5.74, 6) is 0. The average molecular weight is 521 g/mol. The molecule has 1 saturated heterocycles. The molecule has 1 aliphatic heterocycles. The highest BCUT2D eigenvalue weighted by Gasteiger charge is 2.23. The summed E-state index contributed by atoms with van der Waals surface area (Å²) in [7, 11) is 0. The van der Waals surface area contributed by atoms with Crippen LogP contribution in [0.4, 0.5) is 0 Å². The van der Waals surface area contributed by atoms with Crippen LogP contribution in [0.15, 0.2) is 91.7 Å². The van der Waals surface area contributed by atoms with Gasteiger partial charge in [-0.2, -0.15) is 0 Å². The third-order valence-electron chi connectivity index (χ3n) is 7.68. The first kappa shape index (κ1) is 24.7. The zero-order valence-electron chi connectivity index (χ0n) is 21.9. The molecule has 0 unspecified atom stereocenters. The summed E-state index contributed by atoms with van der Waals surface area (Å²) in [4.78, 5) is 10.0. The summed E-state index contributed by atoms with van der Waals surface area (Å²) in [6.07, 6.45) is 11.3. The molecule has 0 bridgehead atoms. The SMILES string of the molecule is C=C(c1ccc(Cl)cc1)N1CCN(Cc2c(-c3ccc(C)cc3)nc3ccc(C4=CCCC=C4)cn23)CC1. The molecule has 0 atom stereocenters. The molecule has 1 fully saturated rings. The Morgan fingerprint density at radius 2 is 1.63 bits per heavy atom. The van der Waals surface area contributed by atoms with Crippen LogP contribution in [0.2, 0.25) is 5.02 Å². The predicted molar refractivity (Wildman–Crippen MR) is 159 cm³/mol. The van der Waals surface area contributed by atoms with E-state index in [2.05, 4.69) is 101 Å². The number of hydrogen-bond donors (Lipinski definition) is 0. The first-order chi connectivity index (χ1) is 18.5. The van der Waals surface area contributed by atoms with Crippen molar-refractivity contribution in [1.82, 2.24) is 19.2 Å². The van der Waals surface area contributed by atoms with E-state index in [1.54, 1.807) is 0 Å². The monoisotopic (exact) mass is 520 g/mol. The number of allylic oxidation sites excluding steroid dienone is 4. The van der Waals surface area contributed by atoms with Gasteiger partial charge in [-0.1, -0.05) is 78.4 Å². The number of piperazine rings is 1. The molecule has 4 nitrogen and oxygen atoms in total. The Morgan fingerprint density at radius 3 is 2.34 bits per heavy atom. The lowest BCUT2D eigenvalue weighted by atomic mass is 10.0. The van der Waals surface area contributed by atoms with Crippen LogP contribution in [0.5, 0.6) is 0 Å². The second-order valence-corrected chi connectivity index (χ2v) is 10.7. The van der Waals surface area contributed by atoms with Gasteiger partial charge in [-0.05, 0) is 60.7 Å². The number of pyridine rings is 1. The standard InChI is InChI=1S/C33H33ClN4/c1-24-8-10-28(11-9-24)33-31(38-22-29(14-17-32(38)35-33)27-6-4-3-5-7-27)23-36-18-20-37(21-19-36)25(2)26-12-15-30(34)16-13-26/h4,6-17,22H,2-3,5,18-21,23H2,1H3. The van der Waals surface area contributed by atoms with Gasteiger partial charge in [-0.3, -0.25) is 4.90 Å². The Balaban J connectivity index is 1.28. The summed E-state index contributed by atoms with van der Waals surface area (Å²) < 4.78 is 2.31. The largest absolute Gasteiger partial charge is 0.369 e. The van der Waals surface area contributed by atoms with Gasteiger partial charge in [0, 0.05) is 55.2 Å². The molecule has 2 aromatic carbocycles. The lowest BCUT2D eigenvalue weighted by Crippen LogP contribution is -2.45. The number of hydrogen-bond acceptors (Lipinski definition) is 3. The minimum Gasteiger partial charge on any atom is -0.369 e. The number of halogens is 1. The maximum absolute atomic E-state index is 6.09. The van der Waals surface area contributed by atoms with Crippen LogP contribution >= 0.6 is 11.6 Å². The van der Waals surface area contributed by atoms with E-state index >= 15 is 0 Å². The van der Waals surface area contributed by atoms with Crippen molar-refractivity contribution in [2.45, 2.75) is 26.3 Å². The van der Waals surface area contributed by atoms with E-state index in [-0.39, 0.29) is 0 Å². The Bertz CT molecular complexity index is 1520. The van der Waals surface area contributed by atoms with Crippen molar-refractivity contribution < 1.29 is 0 Å². The van der Waals surface area contributed by atoms with Crippen molar-refractivity contribution in [2.75, 3.05) is 26.2 Å². The van der Waals surface area contributed by atoms with Gasteiger partial charge >= 0.3 is 0 Å². The molecule has 0 spiro atoms. The van der Waals surface area contributed by atoms with Gasteiger partial charge in [0.15, 0.2) is 0 Å². The summed E-state index contributed by atoms with van der Waals surface area (Å²) >= 11 is 6.09. The molecule has 0 N–H and O–H groups in total. The predicted octanol–water partition coefficient (Wildman–Crippen LogP) is 7.49. The maximum atomic E-state index is 6.09. The van der Waals surface area contributed by atoms with Crippen LogP contribution in [0.25, 0.3) is 28.2 Å². The minimum atomic E-state index is 0.753. The Morgan fingerprint density at radius 1 is 0.895 bits per heavy atom. The van der Waals surface area contributed by atoms with Gasteiger partial charge in [0.25, 0.3) is 0 Å². The number of fused-ring (bicyclic) bond motifs is 1. The topological polar surface area (TPSA) is 23.8 Å². The highest BCUT2D eigenvalue weighted by atomic mass is 35.5. The van der Waals surface area contributed by atoms with E-state index in [1.807, 2.05) is 12.1 Å². The first-order valence-corrected chi connectivity index (χ1v) is 13.8. The fraction of sp³-hybridized carbons (Fsp3) is 0.242. The second kappa shape index (κ2) is 10.6. The van der Waals surface area contributed by atoms with E-state index in [1.165, 1.54) is 28.0 Å². The number of imidazole rings is 1. The molecule has 2 aliphatic rings. The van der Waals surface area contributed by atoms with Crippen molar-refractivity contribution in [2.24, 2.45) is 0 Å². The lowest BCUT2D eigenvalue weighted by molar-refractivity contribution is 0.167. The number of benzene rings is 2. The summed E-state index contributed by atoms with van der Waals surface area (Å²) in [6.45, 7) is 11.2. The van der Waals surface area contributed by atoms with Gasteiger partial charge in [0.2, 0.25) is 0 Å². The quantitative estimate of drug-likeness (QED) is 0.263. The van der Waals surface area contributed by atoms with E-state index in [9.17, 15) is 0 Å². The van der Waals surface area contributed by atoms with E-state index < -0.39 is 0 Å². The highest BCUT2D eigenvalue weighted by molar-refractivity contribution is 6.30. The van der Waals surface area contributed by atoms with Crippen LogP contribution in [-0.2, 0) is 6.54 Å². The molecular weight excluding hydrogens is 488 g/mol.